The van der Waals surface area contributed by atoms with Crippen LogP contribution in [0.15, 0.2) is 0 Å². The van der Waals surface area contributed by atoms with Crippen LogP contribution in [0.2, 0.25) is 0 Å². The third-order valence-electron chi connectivity index (χ3n) is 3.27. The Hall–Kier alpha value is -0.660. The number of carbonyl (C=O) groups is 1. The number of rotatable bonds is 4. The van der Waals surface area contributed by atoms with Crippen molar-refractivity contribution < 1.29 is 17.9 Å². The minimum Gasteiger partial charge on any atom is -0.381 e. The molecule has 0 aromatic carbocycles. The van der Waals surface area contributed by atoms with Crippen molar-refractivity contribution in [2.75, 3.05) is 32.1 Å². The molecule has 2 atom stereocenters. The zero-order valence-electron chi connectivity index (χ0n) is 9.67. The Morgan fingerprint density at radius 3 is 2.76 bits per heavy atom. The maximum absolute atomic E-state index is 11.7. The van der Waals surface area contributed by atoms with Gasteiger partial charge in [-0.25, -0.2) is 13.6 Å². The Morgan fingerprint density at radius 2 is 2.18 bits per heavy atom. The quantitative estimate of drug-likeness (QED) is 0.715. The zero-order chi connectivity index (χ0) is 12.5. The highest BCUT2D eigenvalue weighted by molar-refractivity contribution is 7.89. The van der Waals surface area contributed by atoms with Crippen LogP contribution in [0.25, 0.3) is 0 Å². The lowest BCUT2D eigenvalue weighted by Crippen LogP contribution is -2.32. The fourth-order valence-electron chi connectivity index (χ4n) is 2.51. The molecular weight excluding hydrogens is 244 g/mol. The Bertz CT molecular complexity index is 389. The summed E-state index contributed by atoms with van der Waals surface area (Å²) in [6.07, 6.45) is 1.27. The highest BCUT2D eigenvalue weighted by atomic mass is 32.2. The summed E-state index contributed by atoms with van der Waals surface area (Å²) in [4.78, 5) is 13.5. The van der Waals surface area contributed by atoms with Crippen molar-refractivity contribution in [2.24, 2.45) is 17.0 Å². The lowest BCUT2D eigenvalue weighted by Gasteiger charge is -2.19. The number of ether oxygens (including phenoxy) is 1. The van der Waals surface area contributed by atoms with Crippen molar-refractivity contribution in [3.05, 3.63) is 0 Å². The van der Waals surface area contributed by atoms with Crippen molar-refractivity contribution in [2.45, 2.75) is 12.8 Å². The summed E-state index contributed by atoms with van der Waals surface area (Å²) in [5.74, 6) is 0.175. The molecule has 2 aliphatic rings. The highest BCUT2D eigenvalue weighted by Gasteiger charge is 2.33. The normalized spacial score (nSPS) is 30.2. The molecular formula is C10H18N2O4S. The fourth-order valence-corrected chi connectivity index (χ4v) is 3.39. The lowest BCUT2D eigenvalue weighted by atomic mass is 10.1. The largest absolute Gasteiger partial charge is 0.381 e. The molecule has 2 aliphatic heterocycles. The van der Waals surface area contributed by atoms with Crippen LogP contribution in [0.3, 0.4) is 0 Å². The number of likely N-dealkylation sites (tertiary alicyclic amines) is 1. The van der Waals surface area contributed by atoms with Gasteiger partial charge in [-0.1, -0.05) is 0 Å². The third-order valence-corrected chi connectivity index (χ3v) is 4.20. The predicted octanol–water partition coefficient (Wildman–Crippen LogP) is -0.840. The molecule has 17 heavy (non-hydrogen) atoms. The number of primary sulfonamides is 1. The summed E-state index contributed by atoms with van der Waals surface area (Å²) in [5, 5.41) is 4.99. The molecule has 2 saturated heterocycles. The van der Waals surface area contributed by atoms with Crippen molar-refractivity contribution >= 4 is 15.9 Å². The van der Waals surface area contributed by atoms with Gasteiger partial charge in [-0.3, -0.25) is 4.79 Å². The second-order valence-electron chi connectivity index (χ2n) is 4.93. The van der Waals surface area contributed by atoms with Crippen molar-refractivity contribution in [1.82, 2.24) is 4.90 Å². The molecule has 1 amide bonds. The van der Waals surface area contributed by atoms with E-state index in [1.807, 2.05) is 0 Å². The van der Waals surface area contributed by atoms with Gasteiger partial charge in [0.25, 0.3) is 0 Å². The van der Waals surface area contributed by atoms with Crippen molar-refractivity contribution in [3.8, 4) is 0 Å². The van der Waals surface area contributed by atoms with Gasteiger partial charge in [0, 0.05) is 38.0 Å². The third kappa shape index (κ3) is 3.65. The molecule has 0 radical (unpaired) electrons. The number of hydrogen-bond acceptors (Lipinski definition) is 4. The Kier molecular flexibility index (Phi) is 3.70. The first kappa shape index (κ1) is 12.8. The predicted molar refractivity (Wildman–Crippen MR) is 61.6 cm³/mol. The molecule has 2 rings (SSSR count). The molecule has 98 valence electrons. The molecule has 2 fully saturated rings. The van der Waals surface area contributed by atoms with E-state index in [0.29, 0.717) is 32.0 Å². The molecule has 2 heterocycles. The van der Waals surface area contributed by atoms with E-state index in [-0.39, 0.29) is 17.6 Å². The first-order chi connectivity index (χ1) is 7.94. The average Bonchev–Trinajstić information content (AvgIpc) is 2.75. The zero-order valence-corrected chi connectivity index (χ0v) is 10.5. The van der Waals surface area contributed by atoms with Crippen LogP contribution in [0, 0.1) is 11.8 Å². The minimum atomic E-state index is -3.49. The molecule has 0 aliphatic carbocycles. The molecule has 0 aromatic heterocycles. The van der Waals surface area contributed by atoms with E-state index in [1.165, 1.54) is 0 Å². The van der Waals surface area contributed by atoms with E-state index in [9.17, 15) is 13.2 Å². The van der Waals surface area contributed by atoms with Gasteiger partial charge in [0.15, 0.2) is 0 Å². The fraction of sp³-hybridized carbons (Fsp3) is 0.900. The van der Waals surface area contributed by atoms with Gasteiger partial charge >= 0.3 is 0 Å². The smallest absolute Gasteiger partial charge is 0.222 e. The Balaban J connectivity index is 1.86. The van der Waals surface area contributed by atoms with Crippen molar-refractivity contribution in [3.63, 3.8) is 0 Å². The van der Waals surface area contributed by atoms with Crippen LogP contribution in [-0.2, 0) is 19.6 Å². The molecule has 7 heteroatoms. The van der Waals surface area contributed by atoms with E-state index in [1.54, 1.807) is 4.90 Å². The Labute approximate surface area is 101 Å². The van der Waals surface area contributed by atoms with Gasteiger partial charge in [-0.2, -0.15) is 0 Å². The maximum atomic E-state index is 11.7. The number of amides is 1. The van der Waals surface area contributed by atoms with Gasteiger partial charge in [0.1, 0.15) is 0 Å². The standard InChI is InChI=1S/C10H18N2O4S/c11-17(14,15)7-9-3-10(13)12(5-9)4-8-1-2-16-6-8/h8-9H,1-7H2,(H2,11,14,15). The number of nitrogens with zero attached hydrogens (tertiary/aromatic N) is 1. The van der Waals surface area contributed by atoms with Gasteiger partial charge in [0.05, 0.1) is 12.4 Å². The number of carbonyl (C=O) groups excluding carboxylic acids is 1. The molecule has 0 saturated carbocycles. The molecule has 0 spiro atoms. The number of nitrogens with two attached hydrogens (primary N) is 1. The average molecular weight is 262 g/mol. The van der Waals surface area contributed by atoms with Crippen LogP contribution < -0.4 is 5.14 Å². The van der Waals surface area contributed by atoms with Crippen LogP contribution in [0.1, 0.15) is 12.8 Å². The van der Waals surface area contributed by atoms with E-state index in [0.717, 1.165) is 13.0 Å². The maximum Gasteiger partial charge on any atom is 0.222 e. The van der Waals surface area contributed by atoms with Crippen LogP contribution in [0.4, 0.5) is 0 Å². The molecule has 2 unspecified atom stereocenters. The topological polar surface area (TPSA) is 89.7 Å². The Morgan fingerprint density at radius 1 is 1.41 bits per heavy atom. The summed E-state index contributed by atoms with van der Waals surface area (Å²) in [5.41, 5.74) is 0. The van der Waals surface area contributed by atoms with Gasteiger partial charge in [-0.15, -0.1) is 0 Å². The summed E-state index contributed by atoms with van der Waals surface area (Å²) >= 11 is 0. The molecule has 2 N–H and O–H groups in total. The SMILES string of the molecule is NS(=O)(=O)CC1CC(=O)N(CC2CCOC2)C1. The minimum absolute atomic E-state index is 0.0329. The second-order valence-corrected chi connectivity index (χ2v) is 6.59. The van der Waals surface area contributed by atoms with Gasteiger partial charge in [-0.05, 0) is 6.42 Å². The summed E-state index contributed by atoms with van der Waals surface area (Å²) in [6.45, 7) is 2.64. The lowest BCUT2D eigenvalue weighted by molar-refractivity contribution is -0.128. The van der Waals surface area contributed by atoms with E-state index in [2.05, 4.69) is 0 Å². The number of sulfonamides is 1. The molecule has 0 bridgehead atoms. The first-order valence-corrected chi connectivity index (χ1v) is 7.51. The van der Waals surface area contributed by atoms with Crippen molar-refractivity contribution in [1.29, 1.82) is 0 Å². The second kappa shape index (κ2) is 4.91. The molecule has 0 aromatic rings. The van der Waals surface area contributed by atoms with Gasteiger partial charge < -0.3 is 9.64 Å². The van der Waals surface area contributed by atoms with E-state index >= 15 is 0 Å². The monoisotopic (exact) mass is 262 g/mol. The first-order valence-electron chi connectivity index (χ1n) is 5.80. The van der Waals surface area contributed by atoms with Gasteiger partial charge in [0.2, 0.25) is 15.9 Å². The van der Waals surface area contributed by atoms with Crippen LogP contribution >= 0.6 is 0 Å². The number of hydrogen-bond donors (Lipinski definition) is 1. The van der Waals surface area contributed by atoms with E-state index in [4.69, 9.17) is 9.88 Å². The summed E-state index contributed by atoms with van der Waals surface area (Å²) in [6, 6.07) is 0. The van der Waals surface area contributed by atoms with E-state index < -0.39 is 10.0 Å². The summed E-state index contributed by atoms with van der Waals surface area (Å²) < 4.78 is 27.2. The van der Waals surface area contributed by atoms with Crippen LogP contribution in [0.5, 0.6) is 0 Å². The molecule has 6 nitrogen and oxygen atoms in total. The van der Waals surface area contributed by atoms with Crippen LogP contribution in [-0.4, -0.2) is 51.3 Å². The highest BCUT2D eigenvalue weighted by Crippen LogP contribution is 2.22. The summed E-state index contributed by atoms with van der Waals surface area (Å²) in [7, 11) is -3.49.